The molecule has 0 saturated carbocycles. The molecule has 1 aliphatic heterocycles. The van der Waals surface area contributed by atoms with Crippen LogP contribution in [0.1, 0.15) is 19.4 Å². The lowest BCUT2D eigenvalue weighted by Crippen LogP contribution is -2.42. The van der Waals surface area contributed by atoms with E-state index in [2.05, 4.69) is 37.2 Å². The zero-order chi connectivity index (χ0) is 16.5. The number of carbonyl (C=O) groups is 2. The first-order valence-corrected chi connectivity index (χ1v) is 7.64. The molecular formula is C14H10Br2N2O4. The largest absolute Gasteiger partial charge is 0.419 e. The number of halogens is 2. The summed E-state index contributed by atoms with van der Waals surface area (Å²) in [4.78, 5) is 23.6. The van der Waals surface area contributed by atoms with Gasteiger partial charge in [-0.2, -0.15) is 5.26 Å². The van der Waals surface area contributed by atoms with Crippen LogP contribution < -0.4 is 5.32 Å². The lowest BCUT2D eigenvalue weighted by atomic mass is 10.2. The van der Waals surface area contributed by atoms with Gasteiger partial charge in [-0.3, -0.25) is 0 Å². The second-order valence-electron chi connectivity index (χ2n) is 4.80. The van der Waals surface area contributed by atoms with E-state index in [1.165, 1.54) is 13.8 Å². The molecule has 0 aliphatic carbocycles. The van der Waals surface area contributed by atoms with E-state index in [0.29, 0.717) is 20.2 Å². The smallest absolute Gasteiger partial charge is 0.350 e. The third-order valence-electron chi connectivity index (χ3n) is 2.65. The molecule has 1 fully saturated rings. The number of nitriles is 1. The molecule has 0 amide bonds. The van der Waals surface area contributed by atoms with Gasteiger partial charge in [0.05, 0.1) is 11.3 Å². The number of hydrogen-bond acceptors (Lipinski definition) is 6. The topological polar surface area (TPSA) is 88.4 Å². The predicted octanol–water partition coefficient (Wildman–Crippen LogP) is 3.22. The van der Waals surface area contributed by atoms with E-state index in [-0.39, 0.29) is 5.57 Å². The maximum absolute atomic E-state index is 11.8. The number of rotatable bonds is 2. The summed E-state index contributed by atoms with van der Waals surface area (Å²) in [5, 5.41) is 11.9. The molecule has 0 atom stereocenters. The van der Waals surface area contributed by atoms with Gasteiger partial charge in [0.25, 0.3) is 5.79 Å². The van der Waals surface area contributed by atoms with Crippen molar-refractivity contribution >= 4 is 49.5 Å². The number of anilines is 1. The summed E-state index contributed by atoms with van der Waals surface area (Å²) in [5.74, 6) is -2.87. The van der Waals surface area contributed by atoms with Gasteiger partial charge in [0.2, 0.25) is 0 Å². The fraction of sp³-hybridized carbons (Fsp3) is 0.214. The molecule has 0 radical (unpaired) electrons. The quantitative estimate of drug-likeness (QED) is 0.441. The van der Waals surface area contributed by atoms with Gasteiger partial charge in [-0.1, -0.05) is 15.9 Å². The number of benzene rings is 1. The van der Waals surface area contributed by atoms with E-state index >= 15 is 0 Å². The third kappa shape index (κ3) is 3.48. The summed E-state index contributed by atoms with van der Waals surface area (Å²) in [6.07, 6.45) is 1.16. The molecule has 0 bridgehead atoms. The predicted molar refractivity (Wildman–Crippen MR) is 84.5 cm³/mol. The summed E-state index contributed by atoms with van der Waals surface area (Å²) in [6.45, 7) is 2.93. The number of hydrogen-bond donors (Lipinski definition) is 1. The fourth-order valence-corrected chi connectivity index (χ4v) is 3.07. The Morgan fingerprint density at radius 2 is 1.82 bits per heavy atom. The monoisotopic (exact) mass is 428 g/mol. The third-order valence-corrected chi connectivity index (χ3v) is 3.74. The van der Waals surface area contributed by atoms with E-state index in [1.807, 2.05) is 6.07 Å². The van der Waals surface area contributed by atoms with E-state index in [1.54, 1.807) is 12.1 Å². The van der Waals surface area contributed by atoms with Crippen LogP contribution in [0.3, 0.4) is 0 Å². The molecule has 0 aromatic heterocycles. The normalized spacial score (nSPS) is 16.4. The van der Waals surface area contributed by atoms with E-state index in [9.17, 15) is 9.59 Å². The first-order valence-electron chi connectivity index (χ1n) is 6.06. The van der Waals surface area contributed by atoms with Crippen molar-refractivity contribution < 1.29 is 19.1 Å². The molecule has 22 heavy (non-hydrogen) atoms. The highest BCUT2D eigenvalue weighted by molar-refractivity contribution is 9.11. The van der Waals surface area contributed by atoms with Crippen LogP contribution in [-0.2, 0) is 19.1 Å². The molecule has 1 saturated heterocycles. The molecular weight excluding hydrogens is 420 g/mol. The molecule has 0 unspecified atom stereocenters. The number of nitrogens with zero attached hydrogens (tertiary/aromatic N) is 1. The van der Waals surface area contributed by atoms with Gasteiger partial charge in [-0.05, 0) is 28.1 Å². The second kappa shape index (κ2) is 6.10. The Morgan fingerprint density at radius 3 is 2.36 bits per heavy atom. The van der Waals surface area contributed by atoms with Crippen LogP contribution in [0.2, 0.25) is 0 Å². The molecule has 1 aromatic rings. The first-order chi connectivity index (χ1) is 10.2. The van der Waals surface area contributed by atoms with Gasteiger partial charge in [-0.25, -0.2) is 9.59 Å². The molecule has 2 rings (SSSR count). The Labute approximate surface area is 143 Å². The minimum absolute atomic E-state index is 0.280. The minimum atomic E-state index is -1.29. The molecule has 1 aliphatic rings. The van der Waals surface area contributed by atoms with Gasteiger partial charge in [0.15, 0.2) is 5.57 Å². The lowest BCUT2D eigenvalue weighted by Gasteiger charge is -2.29. The molecule has 6 nitrogen and oxygen atoms in total. The van der Waals surface area contributed by atoms with Crippen molar-refractivity contribution in [1.82, 2.24) is 0 Å². The highest BCUT2D eigenvalue weighted by Crippen LogP contribution is 2.31. The van der Waals surface area contributed by atoms with E-state index in [4.69, 9.17) is 14.7 Å². The summed E-state index contributed by atoms with van der Waals surface area (Å²) < 4.78 is 11.3. The second-order valence-corrected chi connectivity index (χ2v) is 6.57. The van der Waals surface area contributed by atoms with Gasteiger partial charge in [-0.15, -0.1) is 0 Å². The summed E-state index contributed by atoms with van der Waals surface area (Å²) in [7, 11) is 0. The Balaban J connectivity index is 2.32. The molecule has 114 valence electrons. The van der Waals surface area contributed by atoms with E-state index in [0.717, 1.165) is 6.20 Å². The van der Waals surface area contributed by atoms with Crippen LogP contribution >= 0.6 is 31.9 Å². The van der Waals surface area contributed by atoms with Gasteiger partial charge >= 0.3 is 11.9 Å². The Bertz CT molecular complexity index is 713. The van der Waals surface area contributed by atoms with Gasteiger partial charge in [0.1, 0.15) is 6.07 Å². The van der Waals surface area contributed by atoms with E-state index < -0.39 is 17.7 Å². The Morgan fingerprint density at radius 1 is 1.23 bits per heavy atom. The lowest BCUT2D eigenvalue weighted by molar-refractivity contribution is -0.222. The molecule has 0 spiro atoms. The number of carbonyl (C=O) groups excluding carboxylic acids is 2. The Kier molecular flexibility index (Phi) is 4.58. The van der Waals surface area contributed by atoms with Crippen LogP contribution in [-0.4, -0.2) is 17.7 Å². The zero-order valence-electron chi connectivity index (χ0n) is 11.6. The van der Waals surface area contributed by atoms with Crippen LogP contribution in [0.4, 0.5) is 5.69 Å². The van der Waals surface area contributed by atoms with Crippen LogP contribution in [0.25, 0.3) is 0 Å². The van der Waals surface area contributed by atoms with Gasteiger partial charge in [0, 0.05) is 29.0 Å². The SMILES string of the molecule is CC1(C)OC(=O)C(=CNc2c(Br)cc(Br)cc2C#N)C(=O)O1. The van der Waals surface area contributed by atoms with Crippen LogP contribution in [0.5, 0.6) is 0 Å². The van der Waals surface area contributed by atoms with Crippen molar-refractivity contribution in [2.24, 2.45) is 0 Å². The van der Waals surface area contributed by atoms with Crippen molar-refractivity contribution in [2.75, 3.05) is 5.32 Å². The fourth-order valence-electron chi connectivity index (χ4n) is 1.73. The molecule has 8 heteroatoms. The van der Waals surface area contributed by atoms with Crippen molar-refractivity contribution in [1.29, 1.82) is 5.26 Å². The number of esters is 2. The summed E-state index contributed by atoms with van der Waals surface area (Å²) >= 11 is 6.58. The average molecular weight is 430 g/mol. The van der Waals surface area contributed by atoms with Crippen molar-refractivity contribution in [3.05, 3.63) is 38.4 Å². The van der Waals surface area contributed by atoms with Crippen molar-refractivity contribution in [2.45, 2.75) is 19.6 Å². The molecule has 1 aromatic carbocycles. The number of nitrogens with one attached hydrogen (secondary N) is 1. The average Bonchev–Trinajstić information content (AvgIpc) is 2.37. The van der Waals surface area contributed by atoms with Crippen LogP contribution in [0.15, 0.2) is 32.9 Å². The van der Waals surface area contributed by atoms with Crippen LogP contribution in [0, 0.1) is 11.3 Å². The highest BCUT2D eigenvalue weighted by Gasteiger charge is 2.39. The van der Waals surface area contributed by atoms with Gasteiger partial charge < -0.3 is 14.8 Å². The molecule has 1 N–H and O–H groups in total. The maximum Gasteiger partial charge on any atom is 0.350 e. The molecule has 1 heterocycles. The van der Waals surface area contributed by atoms with Crippen molar-refractivity contribution in [3.8, 4) is 6.07 Å². The first kappa shape index (κ1) is 16.5. The summed E-state index contributed by atoms with van der Waals surface area (Å²) in [5.41, 5.74) is 0.470. The minimum Gasteiger partial charge on any atom is -0.419 e. The maximum atomic E-state index is 11.8. The zero-order valence-corrected chi connectivity index (χ0v) is 14.7. The number of cyclic esters (lactones) is 2. The van der Waals surface area contributed by atoms with Crippen molar-refractivity contribution in [3.63, 3.8) is 0 Å². The highest BCUT2D eigenvalue weighted by atomic mass is 79.9. The number of ether oxygens (including phenoxy) is 2. The Hall–Kier alpha value is -1.85. The summed E-state index contributed by atoms with van der Waals surface area (Å²) in [6, 6.07) is 5.34. The standard InChI is InChI=1S/C14H10Br2N2O4/c1-14(2)21-12(19)9(13(20)22-14)6-18-11-7(5-17)3-8(15)4-10(11)16/h3-4,6,18H,1-2H3.